The van der Waals surface area contributed by atoms with Crippen LogP contribution in [0.4, 0.5) is 5.69 Å². The minimum Gasteiger partial charge on any atom is -0.493 e. The Kier molecular flexibility index (Phi) is 8.60. The van der Waals surface area contributed by atoms with Crippen LogP contribution in [0.5, 0.6) is 11.5 Å². The van der Waals surface area contributed by atoms with Gasteiger partial charge < -0.3 is 14.8 Å². The molecule has 0 saturated heterocycles. The number of ether oxygens (including phenoxy) is 2. The summed E-state index contributed by atoms with van der Waals surface area (Å²) < 4.78 is 12.0. The van der Waals surface area contributed by atoms with E-state index in [4.69, 9.17) is 9.47 Å². The van der Waals surface area contributed by atoms with Gasteiger partial charge in [0.2, 0.25) is 5.91 Å². The molecular formula is C25H24BrN3O4. The number of anilines is 1. The SMILES string of the molecule is COc1cc(C=NNC(=O)C(C)C(=O)Nc2ccccc2Br)ccc1OCc1ccccc1. The molecule has 0 spiro atoms. The summed E-state index contributed by atoms with van der Waals surface area (Å²) in [7, 11) is 1.55. The van der Waals surface area contributed by atoms with Crippen molar-refractivity contribution in [3.63, 3.8) is 0 Å². The van der Waals surface area contributed by atoms with Gasteiger partial charge in [0, 0.05) is 4.47 Å². The van der Waals surface area contributed by atoms with E-state index in [2.05, 4.69) is 31.8 Å². The third kappa shape index (κ3) is 6.92. The molecule has 2 N–H and O–H groups in total. The lowest BCUT2D eigenvalue weighted by molar-refractivity contribution is -0.131. The third-order valence-electron chi connectivity index (χ3n) is 4.73. The second-order valence-electron chi connectivity index (χ2n) is 7.11. The van der Waals surface area contributed by atoms with Crippen LogP contribution >= 0.6 is 15.9 Å². The zero-order valence-electron chi connectivity index (χ0n) is 18.2. The van der Waals surface area contributed by atoms with Crippen LogP contribution in [0.25, 0.3) is 0 Å². The Hall–Kier alpha value is -3.65. The smallest absolute Gasteiger partial charge is 0.252 e. The molecule has 0 fully saturated rings. The standard InChI is InChI=1S/C25H24BrN3O4/c1-17(24(30)28-21-11-7-6-10-20(21)26)25(31)29-27-15-19-12-13-22(23(14-19)32-2)33-16-18-8-4-3-5-9-18/h3-15,17H,16H2,1-2H3,(H,28,30)(H,29,31). The average Bonchev–Trinajstić information content (AvgIpc) is 2.84. The molecule has 0 aliphatic heterocycles. The Morgan fingerprint density at radius 3 is 2.45 bits per heavy atom. The van der Waals surface area contributed by atoms with Gasteiger partial charge in [-0.25, -0.2) is 5.43 Å². The summed E-state index contributed by atoms with van der Waals surface area (Å²) in [5.41, 5.74) is 4.73. The average molecular weight is 510 g/mol. The van der Waals surface area contributed by atoms with Crippen molar-refractivity contribution >= 4 is 39.6 Å². The summed E-state index contributed by atoms with van der Waals surface area (Å²) in [6.45, 7) is 1.93. The molecule has 33 heavy (non-hydrogen) atoms. The van der Waals surface area contributed by atoms with Crippen LogP contribution in [-0.4, -0.2) is 25.1 Å². The topological polar surface area (TPSA) is 89.0 Å². The lowest BCUT2D eigenvalue weighted by atomic mass is 10.1. The van der Waals surface area contributed by atoms with E-state index in [1.165, 1.54) is 13.1 Å². The van der Waals surface area contributed by atoms with Crippen molar-refractivity contribution in [1.82, 2.24) is 5.43 Å². The summed E-state index contributed by atoms with van der Waals surface area (Å²) in [4.78, 5) is 24.7. The number of hydrazone groups is 1. The van der Waals surface area contributed by atoms with Gasteiger partial charge in [0.25, 0.3) is 5.91 Å². The van der Waals surface area contributed by atoms with Crippen LogP contribution in [0.3, 0.4) is 0 Å². The fraction of sp³-hybridized carbons (Fsp3) is 0.160. The Morgan fingerprint density at radius 1 is 1.00 bits per heavy atom. The molecule has 0 aromatic heterocycles. The number of hydrogen-bond acceptors (Lipinski definition) is 5. The van der Waals surface area contributed by atoms with Gasteiger partial charge in [-0.3, -0.25) is 9.59 Å². The zero-order valence-corrected chi connectivity index (χ0v) is 19.8. The number of amides is 2. The van der Waals surface area contributed by atoms with Crippen LogP contribution in [0, 0.1) is 5.92 Å². The predicted molar refractivity (Wildman–Crippen MR) is 131 cm³/mol. The molecule has 0 radical (unpaired) electrons. The number of halogens is 1. The quantitative estimate of drug-likeness (QED) is 0.247. The highest BCUT2D eigenvalue weighted by molar-refractivity contribution is 9.10. The van der Waals surface area contributed by atoms with E-state index < -0.39 is 17.7 Å². The van der Waals surface area contributed by atoms with E-state index in [0.717, 1.165) is 10.0 Å². The highest BCUT2D eigenvalue weighted by Crippen LogP contribution is 2.28. The molecule has 3 aromatic rings. The van der Waals surface area contributed by atoms with Gasteiger partial charge >= 0.3 is 0 Å². The van der Waals surface area contributed by atoms with Gasteiger partial charge in [0.1, 0.15) is 12.5 Å². The molecule has 8 heteroatoms. The molecule has 3 rings (SSSR count). The number of hydrogen-bond donors (Lipinski definition) is 2. The van der Waals surface area contributed by atoms with Crippen molar-refractivity contribution in [2.75, 3.05) is 12.4 Å². The predicted octanol–water partition coefficient (Wildman–Crippen LogP) is 4.76. The Labute approximate surface area is 200 Å². The van der Waals surface area contributed by atoms with E-state index in [9.17, 15) is 9.59 Å². The Morgan fingerprint density at radius 2 is 1.73 bits per heavy atom. The lowest BCUT2D eigenvalue weighted by Gasteiger charge is -2.12. The monoisotopic (exact) mass is 509 g/mol. The first-order chi connectivity index (χ1) is 16.0. The van der Waals surface area contributed by atoms with Crippen LogP contribution in [0.2, 0.25) is 0 Å². The molecule has 0 saturated carbocycles. The first kappa shape index (κ1) is 24.0. The molecule has 1 atom stereocenters. The van der Waals surface area contributed by atoms with E-state index in [0.29, 0.717) is 29.4 Å². The van der Waals surface area contributed by atoms with E-state index >= 15 is 0 Å². The van der Waals surface area contributed by atoms with Crippen LogP contribution < -0.4 is 20.2 Å². The molecule has 7 nitrogen and oxygen atoms in total. The molecule has 170 valence electrons. The van der Waals surface area contributed by atoms with E-state index in [1.807, 2.05) is 36.4 Å². The van der Waals surface area contributed by atoms with Crippen molar-refractivity contribution in [3.05, 3.63) is 88.4 Å². The normalized spacial score (nSPS) is 11.6. The van der Waals surface area contributed by atoms with Gasteiger partial charge in [-0.15, -0.1) is 0 Å². The largest absolute Gasteiger partial charge is 0.493 e. The minimum absolute atomic E-state index is 0.417. The number of nitrogens with zero attached hydrogens (tertiary/aromatic N) is 1. The first-order valence-electron chi connectivity index (χ1n) is 10.2. The van der Waals surface area contributed by atoms with Crippen molar-refractivity contribution in [2.45, 2.75) is 13.5 Å². The number of methoxy groups -OCH3 is 1. The molecule has 3 aromatic carbocycles. The number of nitrogens with one attached hydrogen (secondary N) is 2. The number of benzene rings is 3. The highest BCUT2D eigenvalue weighted by Gasteiger charge is 2.21. The second-order valence-corrected chi connectivity index (χ2v) is 7.96. The maximum Gasteiger partial charge on any atom is 0.252 e. The van der Waals surface area contributed by atoms with Crippen LogP contribution in [-0.2, 0) is 16.2 Å². The molecular weight excluding hydrogens is 486 g/mol. The minimum atomic E-state index is -0.933. The molecule has 0 bridgehead atoms. The third-order valence-corrected chi connectivity index (χ3v) is 5.42. The second kappa shape index (κ2) is 11.8. The molecule has 2 amide bonds. The van der Waals surface area contributed by atoms with Crippen molar-refractivity contribution < 1.29 is 19.1 Å². The van der Waals surface area contributed by atoms with E-state index in [1.54, 1.807) is 43.5 Å². The van der Waals surface area contributed by atoms with Gasteiger partial charge in [-0.1, -0.05) is 42.5 Å². The maximum absolute atomic E-state index is 12.3. The fourth-order valence-corrected chi connectivity index (χ4v) is 3.19. The molecule has 0 aliphatic rings. The number of rotatable bonds is 9. The van der Waals surface area contributed by atoms with Crippen molar-refractivity contribution in [2.24, 2.45) is 11.0 Å². The van der Waals surface area contributed by atoms with Crippen molar-refractivity contribution in [3.8, 4) is 11.5 Å². The van der Waals surface area contributed by atoms with Crippen molar-refractivity contribution in [1.29, 1.82) is 0 Å². The summed E-state index contributed by atoms with van der Waals surface area (Å²) in [6, 6.07) is 22.3. The molecule has 0 heterocycles. The van der Waals surface area contributed by atoms with Gasteiger partial charge in [0.15, 0.2) is 11.5 Å². The molecule has 1 unspecified atom stereocenters. The zero-order chi connectivity index (χ0) is 23.6. The van der Waals surface area contributed by atoms with Gasteiger partial charge in [-0.05, 0) is 64.3 Å². The summed E-state index contributed by atoms with van der Waals surface area (Å²) in [5, 5.41) is 6.67. The first-order valence-corrected chi connectivity index (χ1v) is 11.0. The lowest BCUT2D eigenvalue weighted by Crippen LogP contribution is -2.34. The Bertz CT molecular complexity index is 1140. The number of carbonyl (C=O) groups excluding carboxylic acids is 2. The highest BCUT2D eigenvalue weighted by atomic mass is 79.9. The number of para-hydroxylation sites is 1. The van der Waals surface area contributed by atoms with Crippen LogP contribution in [0.1, 0.15) is 18.1 Å². The summed E-state index contributed by atoms with van der Waals surface area (Å²) in [5.74, 6) is -0.748. The molecule has 0 aliphatic carbocycles. The Balaban J connectivity index is 1.55. The summed E-state index contributed by atoms with van der Waals surface area (Å²) in [6.07, 6.45) is 1.47. The number of carbonyl (C=O) groups is 2. The fourth-order valence-electron chi connectivity index (χ4n) is 2.81. The summed E-state index contributed by atoms with van der Waals surface area (Å²) >= 11 is 3.36. The van der Waals surface area contributed by atoms with Gasteiger partial charge in [-0.2, -0.15) is 5.10 Å². The van der Waals surface area contributed by atoms with E-state index in [-0.39, 0.29) is 0 Å². The van der Waals surface area contributed by atoms with Gasteiger partial charge in [0.05, 0.1) is 19.0 Å². The maximum atomic E-state index is 12.3. The van der Waals surface area contributed by atoms with Crippen LogP contribution in [0.15, 0.2) is 82.4 Å².